The lowest BCUT2D eigenvalue weighted by Gasteiger charge is -2.14. The van der Waals surface area contributed by atoms with Gasteiger partial charge in [0.15, 0.2) is 4.33 Å². The van der Waals surface area contributed by atoms with Crippen molar-refractivity contribution < 1.29 is 4.79 Å². The lowest BCUT2D eigenvalue weighted by molar-refractivity contribution is -0.116. The molecule has 1 aliphatic rings. The maximum atomic E-state index is 12.0. The van der Waals surface area contributed by atoms with Crippen molar-refractivity contribution >= 4 is 34.8 Å². The molecule has 1 amide bonds. The highest BCUT2D eigenvalue weighted by atomic mass is 35.5. The van der Waals surface area contributed by atoms with Crippen molar-refractivity contribution in [3.8, 4) is 11.1 Å². The molecule has 2 aromatic rings. The zero-order chi connectivity index (χ0) is 14.2. The second-order valence-corrected chi connectivity index (χ2v) is 6.38. The highest BCUT2D eigenvalue weighted by Gasteiger charge is 2.36. The topological polar surface area (TPSA) is 29.1 Å². The summed E-state index contributed by atoms with van der Waals surface area (Å²) in [6, 6.07) is 16.1. The zero-order valence-corrected chi connectivity index (χ0v) is 12.2. The number of halogens is 2. The minimum absolute atomic E-state index is 0.357. The van der Waals surface area contributed by atoms with Crippen LogP contribution in [0.1, 0.15) is 12.0 Å². The van der Waals surface area contributed by atoms with E-state index in [-0.39, 0.29) is 5.91 Å². The molecule has 0 unspecified atom stereocenters. The minimum Gasteiger partial charge on any atom is -0.323 e. The summed E-state index contributed by atoms with van der Waals surface area (Å²) in [4.78, 5) is 12.0. The Balaban J connectivity index is 2.00. The maximum absolute atomic E-state index is 12.0. The van der Waals surface area contributed by atoms with Crippen molar-refractivity contribution in [3.63, 3.8) is 0 Å². The van der Waals surface area contributed by atoms with Crippen molar-refractivity contribution in [2.24, 2.45) is 0 Å². The van der Waals surface area contributed by atoms with Crippen LogP contribution in [0.4, 0.5) is 5.69 Å². The molecule has 3 rings (SSSR count). The van der Waals surface area contributed by atoms with E-state index in [4.69, 9.17) is 23.2 Å². The van der Waals surface area contributed by atoms with E-state index in [1.165, 1.54) is 0 Å². The van der Waals surface area contributed by atoms with Gasteiger partial charge in [0.1, 0.15) is 0 Å². The van der Waals surface area contributed by atoms with Crippen LogP contribution in [0.25, 0.3) is 11.1 Å². The second-order valence-electron chi connectivity index (χ2n) is 4.90. The quantitative estimate of drug-likeness (QED) is 0.777. The Bertz CT molecular complexity index is 653. The van der Waals surface area contributed by atoms with Gasteiger partial charge in [0, 0.05) is 5.69 Å². The Morgan fingerprint density at radius 3 is 2.50 bits per heavy atom. The fourth-order valence-corrected chi connectivity index (χ4v) is 2.62. The fraction of sp³-hybridized carbons (Fsp3) is 0.188. The minimum atomic E-state index is -1.36. The van der Waals surface area contributed by atoms with E-state index < -0.39 is 4.33 Å². The van der Waals surface area contributed by atoms with Crippen LogP contribution >= 0.6 is 23.2 Å². The van der Waals surface area contributed by atoms with Gasteiger partial charge in [0.2, 0.25) is 0 Å². The molecular formula is C16H13Cl2NO. The number of hydrogen-bond donors (Lipinski definition) is 1. The van der Waals surface area contributed by atoms with Crippen LogP contribution in [0.2, 0.25) is 0 Å². The average molecular weight is 306 g/mol. The van der Waals surface area contributed by atoms with E-state index in [0.29, 0.717) is 12.8 Å². The predicted molar refractivity (Wildman–Crippen MR) is 83.3 cm³/mol. The lowest BCUT2D eigenvalue weighted by atomic mass is 10.0. The van der Waals surface area contributed by atoms with Gasteiger partial charge in [-0.1, -0.05) is 65.7 Å². The first kappa shape index (κ1) is 13.5. The van der Waals surface area contributed by atoms with Crippen LogP contribution in [-0.4, -0.2) is 10.2 Å². The van der Waals surface area contributed by atoms with Gasteiger partial charge in [-0.3, -0.25) is 4.79 Å². The number of amides is 1. The number of rotatable bonds is 1. The van der Waals surface area contributed by atoms with Gasteiger partial charge in [0.05, 0.1) is 0 Å². The first-order chi connectivity index (χ1) is 9.56. The number of aryl methyl sites for hydroxylation is 1. The smallest absolute Gasteiger partial charge is 0.260 e. The maximum Gasteiger partial charge on any atom is 0.260 e. The Labute approximate surface area is 127 Å². The Morgan fingerprint density at radius 1 is 1.00 bits per heavy atom. The van der Waals surface area contributed by atoms with Crippen molar-refractivity contribution in [1.82, 2.24) is 0 Å². The van der Waals surface area contributed by atoms with E-state index >= 15 is 0 Å². The second kappa shape index (κ2) is 5.12. The van der Waals surface area contributed by atoms with Gasteiger partial charge >= 0.3 is 0 Å². The summed E-state index contributed by atoms with van der Waals surface area (Å²) in [5.41, 5.74) is 4.01. The molecule has 0 aromatic heterocycles. The standard InChI is InChI=1S/C16H13Cl2NO/c17-16(18)9-8-12-6-7-13(10-14(12)19-15(16)20)11-4-2-1-3-5-11/h1-7,10H,8-9H2,(H,19,20). The number of anilines is 1. The Kier molecular flexibility index (Phi) is 3.45. The van der Waals surface area contributed by atoms with Gasteiger partial charge in [-0.15, -0.1) is 0 Å². The lowest BCUT2D eigenvalue weighted by Crippen LogP contribution is -2.30. The van der Waals surface area contributed by atoms with Gasteiger partial charge in [0.25, 0.3) is 5.91 Å². The molecule has 0 fully saturated rings. The number of nitrogens with one attached hydrogen (secondary N) is 1. The molecule has 20 heavy (non-hydrogen) atoms. The first-order valence-electron chi connectivity index (χ1n) is 6.44. The summed E-state index contributed by atoms with van der Waals surface area (Å²) >= 11 is 12.1. The van der Waals surface area contributed by atoms with Crippen LogP contribution in [0.15, 0.2) is 48.5 Å². The van der Waals surface area contributed by atoms with E-state index in [1.54, 1.807) is 0 Å². The highest BCUT2D eigenvalue weighted by molar-refractivity contribution is 6.59. The van der Waals surface area contributed by atoms with E-state index in [0.717, 1.165) is 22.4 Å². The summed E-state index contributed by atoms with van der Waals surface area (Å²) in [5, 5.41) is 2.82. The Morgan fingerprint density at radius 2 is 1.75 bits per heavy atom. The van der Waals surface area contributed by atoms with Crippen LogP contribution in [0, 0.1) is 0 Å². The fourth-order valence-electron chi connectivity index (χ4n) is 2.34. The van der Waals surface area contributed by atoms with Crippen LogP contribution in [0.5, 0.6) is 0 Å². The Hall–Kier alpha value is -1.51. The molecule has 0 aliphatic carbocycles. The molecule has 0 spiro atoms. The molecule has 102 valence electrons. The molecule has 0 saturated carbocycles. The SMILES string of the molecule is O=C1Nc2cc(-c3ccccc3)ccc2CCC1(Cl)Cl. The monoisotopic (exact) mass is 305 g/mol. The first-order valence-corrected chi connectivity index (χ1v) is 7.19. The number of benzene rings is 2. The van der Waals surface area contributed by atoms with Gasteiger partial charge in [-0.25, -0.2) is 0 Å². The molecule has 4 heteroatoms. The molecule has 1 N–H and O–H groups in total. The number of hydrogen-bond acceptors (Lipinski definition) is 1. The molecule has 0 atom stereocenters. The molecular weight excluding hydrogens is 293 g/mol. The molecule has 0 radical (unpaired) electrons. The van der Waals surface area contributed by atoms with E-state index in [1.807, 2.05) is 42.5 Å². The number of alkyl halides is 2. The van der Waals surface area contributed by atoms with Crippen molar-refractivity contribution in [1.29, 1.82) is 0 Å². The number of fused-ring (bicyclic) bond motifs is 1. The third-order valence-electron chi connectivity index (χ3n) is 3.51. The summed E-state index contributed by atoms with van der Waals surface area (Å²) in [6.07, 6.45) is 1.09. The van der Waals surface area contributed by atoms with Crippen LogP contribution in [0.3, 0.4) is 0 Å². The van der Waals surface area contributed by atoms with E-state index in [2.05, 4.69) is 11.4 Å². The molecule has 2 nitrogen and oxygen atoms in total. The molecule has 1 aliphatic heterocycles. The molecule has 0 saturated heterocycles. The van der Waals surface area contributed by atoms with Crippen molar-refractivity contribution in [2.75, 3.05) is 5.32 Å². The molecule has 1 heterocycles. The summed E-state index contributed by atoms with van der Waals surface area (Å²) < 4.78 is -1.36. The zero-order valence-electron chi connectivity index (χ0n) is 10.7. The number of carbonyl (C=O) groups excluding carboxylic acids is 1. The van der Waals surface area contributed by atoms with Crippen LogP contribution < -0.4 is 5.32 Å². The summed E-state index contributed by atoms with van der Waals surface area (Å²) in [6.45, 7) is 0. The van der Waals surface area contributed by atoms with Gasteiger partial charge < -0.3 is 5.32 Å². The summed E-state index contributed by atoms with van der Waals surface area (Å²) in [7, 11) is 0. The molecule has 0 bridgehead atoms. The van der Waals surface area contributed by atoms with Crippen LogP contribution in [-0.2, 0) is 11.2 Å². The third kappa shape index (κ3) is 2.54. The predicted octanol–water partition coefficient (Wildman–Crippen LogP) is 4.41. The highest BCUT2D eigenvalue weighted by Crippen LogP contribution is 2.35. The summed E-state index contributed by atoms with van der Waals surface area (Å²) in [5.74, 6) is -0.357. The van der Waals surface area contributed by atoms with Crippen molar-refractivity contribution in [2.45, 2.75) is 17.2 Å². The van der Waals surface area contributed by atoms with Gasteiger partial charge in [-0.05, 0) is 35.6 Å². The average Bonchev–Trinajstić information content (AvgIpc) is 2.57. The van der Waals surface area contributed by atoms with Crippen molar-refractivity contribution in [3.05, 3.63) is 54.1 Å². The molecule has 2 aromatic carbocycles. The van der Waals surface area contributed by atoms with E-state index in [9.17, 15) is 4.79 Å². The largest absolute Gasteiger partial charge is 0.323 e. The number of carbonyl (C=O) groups is 1. The van der Waals surface area contributed by atoms with Gasteiger partial charge in [-0.2, -0.15) is 0 Å². The normalized spacial score (nSPS) is 17.0. The third-order valence-corrected chi connectivity index (χ3v) is 4.23.